The number of benzene rings is 4. The van der Waals surface area contributed by atoms with Crippen LogP contribution >= 0.6 is 0 Å². The molecule has 0 fully saturated rings. The van der Waals surface area contributed by atoms with Crippen LogP contribution in [0.4, 0.5) is 0 Å². The number of carbonyl (C=O) groups excluding carboxylic acids is 4. The standard InChI is InChI=1S/C28H36O5.C20H20O5/c1-27(2,3)32-25(30)17-16-24(29)23(19-26(31)33-28(4,5)6)18-20-12-14-22(15-13-20)21-10-8-7-9-11-21;21-18(10-11-19(22)23)17(13-20(24)25)12-14-6-8-16(9-7-14)15-4-2-1-3-5-15/h7-15,23H,16-19H2,1-6H3;1-9,17H,10-13H2,(H,22,23)(H,24,25)/t23-;17-/m11/s1. The summed E-state index contributed by atoms with van der Waals surface area (Å²) < 4.78 is 10.7. The molecule has 0 amide bonds. The number of carbonyl (C=O) groups is 6. The maximum absolute atomic E-state index is 13.0. The van der Waals surface area contributed by atoms with Gasteiger partial charge in [-0.3, -0.25) is 28.8 Å². The van der Waals surface area contributed by atoms with E-state index in [0.29, 0.717) is 12.8 Å². The van der Waals surface area contributed by atoms with Gasteiger partial charge in [-0.15, -0.1) is 0 Å². The molecule has 4 rings (SSSR count). The molecule has 4 aromatic rings. The number of ether oxygens (including phenoxy) is 2. The first kappa shape index (κ1) is 46.5. The van der Waals surface area contributed by atoms with E-state index >= 15 is 0 Å². The van der Waals surface area contributed by atoms with Crippen LogP contribution in [0.15, 0.2) is 109 Å². The number of hydrogen-bond donors (Lipinski definition) is 2. The van der Waals surface area contributed by atoms with E-state index in [1.54, 1.807) is 41.5 Å². The van der Waals surface area contributed by atoms with Crippen molar-refractivity contribution in [3.63, 3.8) is 0 Å². The first-order valence-electron chi connectivity index (χ1n) is 19.5. The third kappa shape index (κ3) is 17.9. The minimum atomic E-state index is -1.06. The van der Waals surface area contributed by atoms with Crippen LogP contribution in [0.5, 0.6) is 0 Å². The molecule has 2 N–H and O–H groups in total. The maximum atomic E-state index is 13.0. The van der Waals surface area contributed by atoms with Gasteiger partial charge in [0.2, 0.25) is 0 Å². The Kier molecular flexibility index (Phi) is 17.7. The zero-order valence-electron chi connectivity index (χ0n) is 34.4. The Morgan fingerprint density at radius 3 is 1.19 bits per heavy atom. The molecule has 10 heteroatoms. The first-order chi connectivity index (χ1) is 27.3. The number of aliphatic carboxylic acids is 2. The number of hydrogen-bond acceptors (Lipinski definition) is 8. The number of Topliss-reactive ketones (excluding diaryl/α,β-unsaturated/α-hetero) is 2. The van der Waals surface area contributed by atoms with Crippen molar-refractivity contribution in [2.75, 3.05) is 0 Å². The van der Waals surface area contributed by atoms with Crippen molar-refractivity contribution >= 4 is 35.4 Å². The van der Waals surface area contributed by atoms with Crippen molar-refractivity contribution in [2.24, 2.45) is 11.8 Å². The van der Waals surface area contributed by atoms with Crippen LogP contribution in [-0.2, 0) is 51.1 Å². The Morgan fingerprint density at radius 1 is 0.448 bits per heavy atom. The zero-order valence-corrected chi connectivity index (χ0v) is 34.4. The third-order valence-corrected chi connectivity index (χ3v) is 8.83. The van der Waals surface area contributed by atoms with Gasteiger partial charge in [-0.2, -0.15) is 0 Å². The molecule has 0 saturated heterocycles. The van der Waals surface area contributed by atoms with Gasteiger partial charge in [-0.1, -0.05) is 109 Å². The number of carboxylic acid groups (broad SMARTS) is 2. The molecule has 10 nitrogen and oxygen atoms in total. The van der Waals surface area contributed by atoms with E-state index in [4.69, 9.17) is 19.7 Å². The lowest BCUT2D eigenvalue weighted by Gasteiger charge is -2.22. The summed E-state index contributed by atoms with van der Waals surface area (Å²) in [6.07, 6.45) is -0.0132. The number of carboxylic acids is 2. The molecule has 4 aromatic carbocycles. The molecule has 0 aliphatic carbocycles. The van der Waals surface area contributed by atoms with E-state index in [1.807, 2.05) is 109 Å². The molecule has 0 bridgehead atoms. The lowest BCUT2D eigenvalue weighted by molar-refractivity contribution is -0.157. The molecule has 0 heterocycles. The summed E-state index contributed by atoms with van der Waals surface area (Å²) in [5.41, 5.74) is 4.89. The molecular formula is C48H56O10. The van der Waals surface area contributed by atoms with Crippen LogP contribution in [0.25, 0.3) is 22.3 Å². The average Bonchev–Trinajstić information content (AvgIpc) is 3.15. The van der Waals surface area contributed by atoms with Gasteiger partial charge in [0.25, 0.3) is 0 Å². The maximum Gasteiger partial charge on any atom is 0.307 e. The van der Waals surface area contributed by atoms with Crippen molar-refractivity contribution in [3.8, 4) is 22.3 Å². The Morgan fingerprint density at radius 2 is 0.810 bits per heavy atom. The van der Waals surface area contributed by atoms with Crippen molar-refractivity contribution in [3.05, 3.63) is 120 Å². The minimum absolute atomic E-state index is 0.00608. The van der Waals surface area contributed by atoms with Crippen LogP contribution in [-0.4, -0.2) is 56.9 Å². The molecule has 58 heavy (non-hydrogen) atoms. The largest absolute Gasteiger partial charge is 0.481 e. The molecular weight excluding hydrogens is 737 g/mol. The predicted molar refractivity (Wildman–Crippen MR) is 223 cm³/mol. The third-order valence-electron chi connectivity index (χ3n) is 8.83. The topological polar surface area (TPSA) is 161 Å². The number of esters is 2. The second kappa shape index (κ2) is 22.1. The summed E-state index contributed by atoms with van der Waals surface area (Å²) in [5.74, 6) is -4.69. The van der Waals surface area contributed by atoms with Crippen molar-refractivity contribution in [1.29, 1.82) is 0 Å². The average molecular weight is 793 g/mol. The van der Waals surface area contributed by atoms with Crippen LogP contribution in [0.3, 0.4) is 0 Å². The number of rotatable bonds is 18. The van der Waals surface area contributed by atoms with Gasteiger partial charge < -0.3 is 19.7 Å². The van der Waals surface area contributed by atoms with Crippen LogP contribution in [0, 0.1) is 11.8 Å². The lowest BCUT2D eigenvalue weighted by Crippen LogP contribution is -2.29. The first-order valence-corrected chi connectivity index (χ1v) is 19.5. The Hall–Kier alpha value is -5.90. The fourth-order valence-electron chi connectivity index (χ4n) is 6.15. The number of ketones is 2. The quantitative estimate of drug-likeness (QED) is 0.0929. The highest BCUT2D eigenvalue weighted by molar-refractivity contribution is 5.88. The van der Waals surface area contributed by atoms with Gasteiger partial charge in [0, 0.05) is 24.7 Å². The van der Waals surface area contributed by atoms with Gasteiger partial charge in [0.15, 0.2) is 0 Å². The van der Waals surface area contributed by atoms with Crippen molar-refractivity contribution in [2.45, 2.75) is 104 Å². The minimum Gasteiger partial charge on any atom is -0.481 e. The second-order valence-electron chi connectivity index (χ2n) is 16.2. The molecule has 0 saturated carbocycles. The van der Waals surface area contributed by atoms with E-state index in [9.17, 15) is 28.8 Å². The van der Waals surface area contributed by atoms with Crippen LogP contribution in [0.1, 0.15) is 91.2 Å². The van der Waals surface area contributed by atoms with Gasteiger partial charge in [0.1, 0.15) is 22.8 Å². The lowest BCUT2D eigenvalue weighted by atomic mass is 9.89. The zero-order chi connectivity index (χ0) is 42.9. The molecule has 0 aliphatic rings. The van der Waals surface area contributed by atoms with Crippen molar-refractivity contribution in [1.82, 2.24) is 0 Å². The predicted octanol–water partition coefficient (Wildman–Crippen LogP) is 9.36. The molecule has 0 radical (unpaired) electrons. The summed E-state index contributed by atoms with van der Waals surface area (Å²) in [7, 11) is 0. The molecule has 0 aliphatic heterocycles. The Bertz CT molecular complexity index is 1950. The highest BCUT2D eigenvalue weighted by Gasteiger charge is 2.27. The molecule has 308 valence electrons. The van der Waals surface area contributed by atoms with Gasteiger partial charge in [-0.25, -0.2) is 0 Å². The molecule has 0 unspecified atom stereocenters. The van der Waals surface area contributed by atoms with Gasteiger partial charge >= 0.3 is 23.9 Å². The van der Waals surface area contributed by atoms with Crippen LogP contribution in [0.2, 0.25) is 0 Å². The van der Waals surface area contributed by atoms with E-state index in [-0.39, 0.29) is 50.1 Å². The monoisotopic (exact) mass is 792 g/mol. The Balaban J connectivity index is 0.000000322. The highest BCUT2D eigenvalue weighted by atomic mass is 16.6. The SMILES string of the molecule is CC(C)(C)OC(=O)CCC(=O)[C@@H](CC(=O)OC(C)(C)C)Cc1ccc(-c2ccccc2)cc1.O=C(O)CCC(=O)[C@@H](CC(=O)O)Cc1ccc(-c2ccccc2)cc1. The molecule has 0 aromatic heterocycles. The van der Waals surface area contributed by atoms with Crippen LogP contribution < -0.4 is 0 Å². The van der Waals surface area contributed by atoms with E-state index in [0.717, 1.165) is 33.4 Å². The summed E-state index contributed by atoms with van der Waals surface area (Å²) >= 11 is 0. The fraction of sp³-hybridized carbons (Fsp3) is 0.375. The van der Waals surface area contributed by atoms with Gasteiger partial charge in [-0.05, 0) is 87.8 Å². The smallest absolute Gasteiger partial charge is 0.307 e. The second-order valence-corrected chi connectivity index (χ2v) is 16.2. The summed E-state index contributed by atoms with van der Waals surface area (Å²) in [6.45, 7) is 10.8. The Labute approximate surface area is 341 Å². The van der Waals surface area contributed by atoms with E-state index in [1.165, 1.54) is 0 Å². The summed E-state index contributed by atoms with van der Waals surface area (Å²) in [4.78, 5) is 71.3. The summed E-state index contributed by atoms with van der Waals surface area (Å²) in [5, 5.41) is 17.7. The normalized spacial score (nSPS) is 12.2. The fourth-order valence-corrected chi connectivity index (χ4v) is 6.15. The molecule has 0 spiro atoms. The van der Waals surface area contributed by atoms with Gasteiger partial charge in [0.05, 0.1) is 25.7 Å². The molecule has 2 atom stereocenters. The van der Waals surface area contributed by atoms with E-state index in [2.05, 4.69) is 0 Å². The summed E-state index contributed by atoms with van der Waals surface area (Å²) in [6, 6.07) is 35.5. The highest BCUT2D eigenvalue weighted by Crippen LogP contribution is 2.25. The van der Waals surface area contributed by atoms with E-state index < -0.39 is 46.9 Å². The van der Waals surface area contributed by atoms with Crippen molar-refractivity contribution < 1.29 is 48.5 Å².